The fourth-order valence-corrected chi connectivity index (χ4v) is 2.30. The fraction of sp³-hybridized carbons (Fsp3) is 0.467. The van der Waals surface area contributed by atoms with Crippen molar-refractivity contribution in [2.75, 3.05) is 6.61 Å². The molecule has 1 saturated carbocycles. The van der Waals surface area contributed by atoms with E-state index in [0.717, 1.165) is 18.3 Å². The minimum absolute atomic E-state index is 0.735. The average molecular weight is 216 g/mol. The van der Waals surface area contributed by atoms with Gasteiger partial charge in [-0.1, -0.05) is 12.7 Å². The van der Waals surface area contributed by atoms with Gasteiger partial charge < -0.3 is 4.74 Å². The number of benzene rings is 1. The van der Waals surface area contributed by atoms with Crippen LogP contribution in [0.1, 0.15) is 47.9 Å². The van der Waals surface area contributed by atoms with Crippen LogP contribution in [0.3, 0.4) is 0 Å². The molecule has 0 saturated heterocycles. The van der Waals surface area contributed by atoms with Crippen LogP contribution >= 0.6 is 0 Å². The van der Waals surface area contributed by atoms with E-state index in [1.54, 1.807) is 0 Å². The second-order valence-corrected chi connectivity index (χ2v) is 4.54. The van der Waals surface area contributed by atoms with Crippen molar-refractivity contribution in [2.45, 2.75) is 39.5 Å². The van der Waals surface area contributed by atoms with Gasteiger partial charge in [-0.25, -0.2) is 0 Å². The van der Waals surface area contributed by atoms with Crippen molar-refractivity contribution in [3.05, 3.63) is 34.9 Å². The van der Waals surface area contributed by atoms with Gasteiger partial charge >= 0.3 is 0 Å². The second-order valence-electron chi connectivity index (χ2n) is 4.54. The largest absolute Gasteiger partial charge is 0.494 e. The van der Waals surface area contributed by atoms with Gasteiger partial charge in [0.05, 0.1) is 6.61 Å². The first-order valence-electron chi connectivity index (χ1n) is 6.08. The van der Waals surface area contributed by atoms with Gasteiger partial charge in [0.1, 0.15) is 5.75 Å². The van der Waals surface area contributed by atoms with E-state index in [0.29, 0.717) is 0 Å². The molecule has 0 unspecified atom stereocenters. The van der Waals surface area contributed by atoms with Crippen LogP contribution in [-0.4, -0.2) is 6.61 Å². The minimum Gasteiger partial charge on any atom is -0.494 e. The maximum absolute atomic E-state index is 5.77. The molecule has 1 fully saturated rings. The molecule has 0 aliphatic heterocycles. The van der Waals surface area contributed by atoms with E-state index in [1.165, 1.54) is 35.1 Å². The summed E-state index contributed by atoms with van der Waals surface area (Å²) in [5.41, 5.74) is 5.37. The van der Waals surface area contributed by atoms with Crippen LogP contribution in [0, 0.1) is 13.8 Å². The molecular weight excluding hydrogens is 196 g/mol. The normalized spacial score (nSPS) is 14.9. The Bertz CT molecular complexity index is 414. The molecule has 0 amide bonds. The number of hydrogen-bond acceptors (Lipinski definition) is 1. The van der Waals surface area contributed by atoms with Crippen molar-refractivity contribution in [3.63, 3.8) is 0 Å². The van der Waals surface area contributed by atoms with Gasteiger partial charge in [0, 0.05) is 5.56 Å². The van der Waals surface area contributed by atoms with Crippen LogP contribution in [0.25, 0.3) is 6.08 Å². The molecule has 1 aliphatic rings. The molecule has 0 N–H and O–H groups in total. The van der Waals surface area contributed by atoms with Gasteiger partial charge in [0.25, 0.3) is 0 Å². The lowest BCUT2D eigenvalue weighted by molar-refractivity contribution is 0.336. The maximum atomic E-state index is 5.77. The predicted molar refractivity (Wildman–Crippen MR) is 69.2 cm³/mol. The zero-order valence-corrected chi connectivity index (χ0v) is 10.5. The Morgan fingerprint density at radius 2 is 2.06 bits per heavy atom. The third-order valence-corrected chi connectivity index (χ3v) is 3.46. The molecule has 1 heteroatoms. The van der Waals surface area contributed by atoms with Gasteiger partial charge in [-0.05, 0) is 62.3 Å². The minimum atomic E-state index is 0.735. The third-order valence-electron chi connectivity index (χ3n) is 3.46. The molecule has 0 spiro atoms. The smallest absolute Gasteiger partial charge is 0.123 e. The predicted octanol–water partition coefficient (Wildman–Crippen LogP) is 4.22. The van der Waals surface area contributed by atoms with E-state index in [1.807, 2.05) is 13.0 Å². The van der Waals surface area contributed by atoms with Crippen molar-refractivity contribution in [1.29, 1.82) is 0 Å². The van der Waals surface area contributed by atoms with Crippen molar-refractivity contribution in [2.24, 2.45) is 0 Å². The summed E-state index contributed by atoms with van der Waals surface area (Å²) in [4.78, 5) is 0. The molecule has 0 atom stereocenters. The quantitative estimate of drug-likeness (QED) is 0.732. The lowest BCUT2D eigenvalue weighted by Crippen LogP contribution is -2.01. The summed E-state index contributed by atoms with van der Waals surface area (Å²) in [5.74, 6) is 1.81. The Balaban J connectivity index is 2.55. The first-order valence-corrected chi connectivity index (χ1v) is 6.08. The molecular formula is C15H20O. The summed E-state index contributed by atoms with van der Waals surface area (Å²) in [7, 11) is 0. The van der Waals surface area contributed by atoms with E-state index in [9.17, 15) is 0 Å². The highest BCUT2D eigenvalue weighted by atomic mass is 16.5. The maximum Gasteiger partial charge on any atom is 0.123 e. The molecule has 16 heavy (non-hydrogen) atoms. The van der Waals surface area contributed by atoms with Gasteiger partial charge in [-0.3, -0.25) is 0 Å². The summed E-state index contributed by atoms with van der Waals surface area (Å²) in [5, 5.41) is 0. The summed E-state index contributed by atoms with van der Waals surface area (Å²) >= 11 is 0. The van der Waals surface area contributed by atoms with Crippen molar-refractivity contribution < 1.29 is 4.74 Å². The lowest BCUT2D eigenvalue weighted by atomic mass is 9.94. The van der Waals surface area contributed by atoms with Gasteiger partial charge in [0.2, 0.25) is 0 Å². The second kappa shape index (κ2) is 4.32. The standard InChI is InChI=1S/C15H20O/c1-5-12-9-14(16-6-2)15(13-7-8-13)11(4)10(12)3/h5,9,13H,1,6-8H2,2-4H3. The van der Waals surface area contributed by atoms with Crippen LogP contribution < -0.4 is 4.74 Å². The van der Waals surface area contributed by atoms with E-state index in [4.69, 9.17) is 4.74 Å². The first kappa shape index (κ1) is 11.3. The molecule has 1 aromatic carbocycles. The summed E-state index contributed by atoms with van der Waals surface area (Å²) in [6.45, 7) is 11.0. The van der Waals surface area contributed by atoms with Crippen LogP contribution in [0.4, 0.5) is 0 Å². The van der Waals surface area contributed by atoms with Crippen LogP contribution in [0.15, 0.2) is 12.6 Å². The van der Waals surface area contributed by atoms with Crippen molar-refractivity contribution >= 4 is 6.08 Å². The zero-order valence-electron chi connectivity index (χ0n) is 10.5. The van der Waals surface area contributed by atoms with Crippen LogP contribution in [-0.2, 0) is 0 Å². The molecule has 0 aromatic heterocycles. The first-order chi connectivity index (χ1) is 7.69. The molecule has 0 heterocycles. The highest BCUT2D eigenvalue weighted by Gasteiger charge is 2.29. The Morgan fingerprint density at radius 1 is 1.38 bits per heavy atom. The molecule has 86 valence electrons. The summed E-state index contributed by atoms with van der Waals surface area (Å²) < 4.78 is 5.77. The Labute approximate surface area is 98.1 Å². The number of ether oxygens (including phenoxy) is 1. The van der Waals surface area contributed by atoms with Crippen LogP contribution in [0.5, 0.6) is 5.75 Å². The monoisotopic (exact) mass is 216 g/mol. The SMILES string of the molecule is C=Cc1cc(OCC)c(C2CC2)c(C)c1C. The highest BCUT2D eigenvalue weighted by molar-refractivity contribution is 5.61. The molecule has 2 rings (SSSR count). The van der Waals surface area contributed by atoms with Gasteiger partial charge in [-0.2, -0.15) is 0 Å². The Kier molecular flexibility index (Phi) is 3.04. The van der Waals surface area contributed by atoms with Gasteiger partial charge in [0.15, 0.2) is 0 Å². The van der Waals surface area contributed by atoms with E-state index >= 15 is 0 Å². The molecule has 0 radical (unpaired) electrons. The molecule has 1 nitrogen and oxygen atoms in total. The van der Waals surface area contributed by atoms with Crippen molar-refractivity contribution in [1.82, 2.24) is 0 Å². The van der Waals surface area contributed by atoms with Crippen molar-refractivity contribution in [3.8, 4) is 5.75 Å². The van der Waals surface area contributed by atoms with Gasteiger partial charge in [-0.15, -0.1) is 0 Å². The summed E-state index contributed by atoms with van der Waals surface area (Å²) in [6.07, 6.45) is 4.54. The summed E-state index contributed by atoms with van der Waals surface area (Å²) in [6, 6.07) is 2.15. The Hall–Kier alpha value is -1.24. The van der Waals surface area contributed by atoms with E-state index in [-0.39, 0.29) is 0 Å². The van der Waals surface area contributed by atoms with E-state index < -0.39 is 0 Å². The zero-order chi connectivity index (χ0) is 11.7. The molecule has 1 aliphatic carbocycles. The molecule has 1 aromatic rings. The topological polar surface area (TPSA) is 9.23 Å². The average Bonchev–Trinajstić information content (AvgIpc) is 3.08. The Morgan fingerprint density at radius 3 is 2.56 bits per heavy atom. The van der Waals surface area contributed by atoms with E-state index in [2.05, 4.69) is 26.5 Å². The number of rotatable bonds is 4. The molecule has 0 bridgehead atoms. The fourth-order valence-electron chi connectivity index (χ4n) is 2.30. The third kappa shape index (κ3) is 1.87. The van der Waals surface area contributed by atoms with Crippen LogP contribution in [0.2, 0.25) is 0 Å². The number of hydrogen-bond donors (Lipinski definition) is 0. The lowest BCUT2D eigenvalue weighted by Gasteiger charge is -2.17. The highest BCUT2D eigenvalue weighted by Crippen LogP contribution is 2.47.